The molecule has 2 N–H and O–H groups in total. The quantitative estimate of drug-likeness (QED) is 0.336. The summed E-state index contributed by atoms with van der Waals surface area (Å²) in [6, 6.07) is 4.24. The molecule has 34 heavy (non-hydrogen) atoms. The van der Waals surface area contributed by atoms with Crippen LogP contribution in [0.25, 0.3) is 11.9 Å². The molecule has 12 heteroatoms. The molecular weight excluding hydrogens is 479 g/mol. The topological polar surface area (TPSA) is 82.6 Å². The maximum Gasteiger partial charge on any atom is 0.422 e. The van der Waals surface area contributed by atoms with E-state index in [9.17, 15) is 22.0 Å². The van der Waals surface area contributed by atoms with Gasteiger partial charge in [0.25, 0.3) is 0 Å². The molecular formula is C22H25F5N4O2S. The lowest BCUT2D eigenvalue weighted by molar-refractivity contribution is -0.154. The molecule has 1 aliphatic rings. The van der Waals surface area contributed by atoms with Gasteiger partial charge in [-0.15, -0.1) is 0 Å². The van der Waals surface area contributed by atoms with Crippen molar-refractivity contribution in [1.82, 2.24) is 9.97 Å². The Labute approximate surface area is 198 Å². The summed E-state index contributed by atoms with van der Waals surface area (Å²) in [5.41, 5.74) is 6.42. The number of nitrogens with two attached hydrogens (primary N) is 1. The average Bonchev–Trinajstić information content (AvgIpc) is 3.41. The number of alkyl halides is 3. The first-order valence-corrected chi connectivity index (χ1v) is 10.9. The number of aromatic nitrogens is 2. The van der Waals surface area contributed by atoms with E-state index in [0.29, 0.717) is 16.3 Å². The average molecular weight is 505 g/mol. The summed E-state index contributed by atoms with van der Waals surface area (Å²) in [6.07, 6.45) is -1.50. The van der Waals surface area contributed by atoms with Crippen molar-refractivity contribution in [2.45, 2.75) is 24.3 Å². The predicted molar refractivity (Wildman–Crippen MR) is 123 cm³/mol. The van der Waals surface area contributed by atoms with Crippen molar-refractivity contribution >= 4 is 28.8 Å². The van der Waals surface area contributed by atoms with Crippen LogP contribution in [0.3, 0.4) is 0 Å². The normalized spacial score (nSPS) is 20.4. The van der Waals surface area contributed by atoms with E-state index in [2.05, 4.69) is 24.4 Å². The Morgan fingerprint density at radius 1 is 1.24 bits per heavy atom. The number of halogens is 5. The van der Waals surface area contributed by atoms with E-state index in [4.69, 9.17) is 5.73 Å². The number of amidine groups is 1. The fraction of sp³-hybridized carbons (Fsp3) is 0.409. The molecule has 1 aromatic carbocycles. The van der Waals surface area contributed by atoms with Crippen LogP contribution in [0.5, 0.6) is 5.88 Å². The van der Waals surface area contributed by atoms with E-state index in [0.717, 1.165) is 18.5 Å². The van der Waals surface area contributed by atoms with Crippen LogP contribution in [0.15, 0.2) is 35.6 Å². The van der Waals surface area contributed by atoms with Crippen molar-refractivity contribution in [3.05, 3.63) is 53.2 Å². The van der Waals surface area contributed by atoms with Crippen molar-refractivity contribution in [1.29, 1.82) is 0 Å². The van der Waals surface area contributed by atoms with Gasteiger partial charge in [-0.25, -0.2) is 18.7 Å². The van der Waals surface area contributed by atoms with Gasteiger partial charge in [0.2, 0.25) is 5.88 Å². The van der Waals surface area contributed by atoms with Crippen LogP contribution in [0.2, 0.25) is 0 Å². The van der Waals surface area contributed by atoms with Crippen LogP contribution in [0.1, 0.15) is 29.7 Å². The number of thioether (sulfide) groups is 1. The van der Waals surface area contributed by atoms with Gasteiger partial charge in [0, 0.05) is 32.4 Å². The standard InChI is InChI=1S/C20H19F5N4OS.C2H6O/c1-10-17(18(10)31-19(26)27-2)12-5-11(3-4-13(12)21)6-14(22)15-7-29-16(8-28-15)30-9-20(23,24)25;1-3-2/h3-8,10,17-18H,9H2,1-2H3,(H2,26,27);1-2H3/b14-6-;. The fourth-order valence-corrected chi connectivity index (χ4v) is 4.28. The van der Waals surface area contributed by atoms with Gasteiger partial charge in [0.15, 0.2) is 17.6 Å². The summed E-state index contributed by atoms with van der Waals surface area (Å²) in [6.45, 7) is 0.456. The molecule has 1 saturated carbocycles. The molecule has 2 aromatic rings. The van der Waals surface area contributed by atoms with E-state index in [1.807, 2.05) is 6.92 Å². The summed E-state index contributed by atoms with van der Waals surface area (Å²) in [4.78, 5) is 11.2. The van der Waals surface area contributed by atoms with E-state index in [-0.39, 0.29) is 28.7 Å². The highest BCUT2D eigenvalue weighted by Crippen LogP contribution is 2.55. The third kappa shape index (κ3) is 7.94. The molecule has 0 saturated heterocycles. The lowest BCUT2D eigenvalue weighted by Gasteiger charge is -2.08. The Morgan fingerprint density at radius 3 is 2.47 bits per heavy atom. The van der Waals surface area contributed by atoms with Crippen LogP contribution in [-0.4, -0.2) is 54.4 Å². The largest absolute Gasteiger partial charge is 0.467 e. The van der Waals surface area contributed by atoms with E-state index >= 15 is 0 Å². The predicted octanol–water partition coefficient (Wildman–Crippen LogP) is 5.07. The van der Waals surface area contributed by atoms with Gasteiger partial charge in [0.05, 0.1) is 12.4 Å². The zero-order chi connectivity index (χ0) is 25.5. The van der Waals surface area contributed by atoms with Crippen molar-refractivity contribution in [3.63, 3.8) is 0 Å². The van der Waals surface area contributed by atoms with Gasteiger partial charge >= 0.3 is 6.18 Å². The minimum absolute atomic E-state index is 0.0773. The number of methoxy groups -OCH3 is 1. The lowest BCUT2D eigenvalue weighted by atomic mass is 10.0. The summed E-state index contributed by atoms with van der Waals surface area (Å²) < 4.78 is 74.1. The minimum Gasteiger partial charge on any atom is -0.467 e. The number of rotatable bonds is 6. The highest BCUT2D eigenvalue weighted by molar-refractivity contribution is 8.14. The molecule has 1 fully saturated rings. The van der Waals surface area contributed by atoms with Gasteiger partial charge in [-0.1, -0.05) is 24.8 Å². The van der Waals surface area contributed by atoms with Crippen molar-refractivity contribution in [2.24, 2.45) is 16.6 Å². The van der Waals surface area contributed by atoms with Crippen LogP contribution < -0.4 is 10.5 Å². The minimum atomic E-state index is -4.52. The zero-order valence-electron chi connectivity index (χ0n) is 18.9. The maximum absolute atomic E-state index is 14.6. The third-order valence-corrected chi connectivity index (χ3v) is 6.12. The molecule has 3 rings (SSSR count). The Bertz CT molecular complexity index is 1020. The van der Waals surface area contributed by atoms with Crippen molar-refractivity contribution < 1.29 is 31.4 Å². The molecule has 1 aliphatic carbocycles. The number of benzene rings is 1. The first-order chi connectivity index (χ1) is 16.0. The lowest BCUT2D eigenvalue weighted by Crippen LogP contribution is -2.19. The van der Waals surface area contributed by atoms with Gasteiger partial charge in [-0.2, -0.15) is 13.2 Å². The highest BCUT2D eigenvalue weighted by atomic mass is 32.2. The second-order valence-corrected chi connectivity index (χ2v) is 8.55. The van der Waals surface area contributed by atoms with Crippen LogP contribution >= 0.6 is 11.8 Å². The van der Waals surface area contributed by atoms with Crippen LogP contribution in [0, 0.1) is 11.7 Å². The zero-order valence-corrected chi connectivity index (χ0v) is 19.8. The second-order valence-electron chi connectivity index (χ2n) is 7.35. The van der Waals surface area contributed by atoms with Crippen molar-refractivity contribution in [2.75, 3.05) is 27.9 Å². The number of aliphatic imine (C=N–C) groups is 1. The second kappa shape index (κ2) is 12.1. The first kappa shape index (κ1) is 27.5. The number of hydrogen-bond acceptors (Lipinski definition) is 6. The van der Waals surface area contributed by atoms with Crippen molar-refractivity contribution in [3.8, 4) is 5.88 Å². The first-order valence-electron chi connectivity index (χ1n) is 9.98. The van der Waals surface area contributed by atoms with Gasteiger partial charge < -0.3 is 15.2 Å². The Balaban J connectivity index is 0.00000129. The summed E-state index contributed by atoms with van der Waals surface area (Å²) in [5, 5.41) is 0.500. The molecule has 1 heterocycles. The van der Waals surface area contributed by atoms with Crippen LogP contribution in [0.4, 0.5) is 22.0 Å². The van der Waals surface area contributed by atoms with Gasteiger partial charge in [-0.3, -0.25) is 4.99 Å². The number of nitrogens with zero attached hydrogens (tertiary/aromatic N) is 3. The summed E-state index contributed by atoms with van der Waals surface area (Å²) in [7, 11) is 4.83. The molecule has 0 aliphatic heterocycles. The van der Waals surface area contributed by atoms with E-state index in [1.54, 1.807) is 27.3 Å². The molecule has 186 valence electrons. The number of hydrogen-bond donors (Lipinski definition) is 1. The smallest absolute Gasteiger partial charge is 0.422 e. The van der Waals surface area contributed by atoms with Gasteiger partial charge in [0.1, 0.15) is 11.5 Å². The fourth-order valence-electron chi connectivity index (χ4n) is 3.06. The highest BCUT2D eigenvalue weighted by Gasteiger charge is 2.49. The Kier molecular flexibility index (Phi) is 9.80. The summed E-state index contributed by atoms with van der Waals surface area (Å²) in [5.74, 6) is -1.44. The maximum atomic E-state index is 14.6. The molecule has 0 bridgehead atoms. The van der Waals surface area contributed by atoms with Crippen LogP contribution in [-0.2, 0) is 4.74 Å². The monoisotopic (exact) mass is 504 g/mol. The molecule has 3 unspecified atom stereocenters. The molecule has 0 spiro atoms. The molecule has 3 atom stereocenters. The third-order valence-electron chi connectivity index (χ3n) is 4.70. The van der Waals surface area contributed by atoms with E-state index < -0.39 is 24.4 Å². The Hall–Kier alpha value is -2.73. The molecule has 6 nitrogen and oxygen atoms in total. The molecule has 0 amide bonds. The van der Waals surface area contributed by atoms with Gasteiger partial charge in [-0.05, 0) is 35.3 Å². The van der Waals surface area contributed by atoms with E-state index in [1.165, 1.54) is 23.9 Å². The molecule has 1 aromatic heterocycles. The molecule has 0 radical (unpaired) electrons. The Morgan fingerprint density at radius 2 is 1.91 bits per heavy atom. The SMILES string of the molecule is CN=C(N)SC1C(C)C1c1cc(/C=C(\F)c2cnc(OCC(F)(F)F)cn2)ccc1F.COC. The number of ether oxygens (including phenoxy) is 2. The summed E-state index contributed by atoms with van der Waals surface area (Å²) >= 11 is 1.38.